The molecule has 0 atom stereocenters. The maximum absolute atomic E-state index is 13.6. The number of amides is 2. The Morgan fingerprint density at radius 2 is 2.14 bits per heavy atom. The highest BCUT2D eigenvalue weighted by Gasteiger charge is 2.30. The van der Waals surface area contributed by atoms with Crippen molar-refractivity contribution in [1.29, 1.82) is 0 Å². The summed E-state index contributed by atoms with van der Waals surface area (Å²) in [7, 11) is 0. The molecule has 0 aromatic heterocycles. The molecule has 21 heavy (non-hydrogen) atoms. The van der Waals surface area contributed by atoms with Crippen LogP contribution in [0.5, 0.6) is 0 Å². The number of halogens is 1. The van der Waals surface area contributed by atoms with Gasteiger partial charge in [-0.3, -0.25) is 0 Å². The molecule has 1 fully saturated rings. The third-order valence-electron chi connectivity index (χ3n) is 3.30. The summed E-state index contributed by atoms with van der Waals surface area (Å²) >= 11 is 0. The minimum atomic E-state index is -1.22. The Morgan fingerprint density at radius 1 is 1.43 bits per heavy atom. The monoisotopic (exact) mass is 296 g/mol. The van der Waals surface area contributed by atoms with Crippen molar-refractivity contribution in [1.82, 2.24) is 5.32 Å². The summed E-state index contributed by atoms with van der Waals surface area (Å²) in [6.07, 6.45) is 1.65. The molecule has 1 aliphatic rings. The molecule has 1 saturated carbocycles. The fourth-order valence-electron chi connectivity index (χ4n) is 2.15. The standard InChI is InChI=1S/C14H17FN2O4/c1-2-21-10-6-9(7-10)16-14(20)17-12-4-3-8(13(18)19)5-11(12)15/h3-5,9-10H,2,6-7H2,1H3,(H,18,19)(H2,16,17,20). The summed E-state index contributed by atoms with van der Waals surface area (Å²) < 4.78 is 19.0. The summed E-state index contributed by atoms with van der Waals surface area (Å²) in [5, 5.41) is 13.8. The van der Waals surface area contributed by atoms with Crippen LogP contribution >= 0.6 is 0 Å². The van der Waals surface area contributed by atoms with Crippen LogP contribution in [-0.2, 0) is 4.74 Å². The second-order valence-corrected chi connectivity index (χ2v) is 4.84. The molecule has 1 aliphatic carbocycles. The molecule has 0 radical (unpaired) electrons. The van der Waals surface area contributed by atoms with E-state index < -0.39 is 17.8 Å². The van der Waals surface area contributed by atoms with E-state index in [2.05, 4.69) is 10.6 Å². The van der Waals surface area contributed by atoms with Gasteiger partial charge in [-0.25, -0.2) is 14.0 Å². The van der Waals surface area contributed by atoms with Gasteiger partial charge in [0.25, 0.3) is 0 Å². The van der Waals surface area contributed by atoms with E-state index in [0.29, 0.717) is 6.61 Å². The number of hydrogen-bond acceptors (Lipinski definition) is 3. The van der Waals surface area contributed by atoms with E-state index in [-0.39, 0.29) is 23.4 Å². The molecule has 114 valence electrons. The average molecular weight is 296 g/mol. The van der Waals surface area contributed by atoms with Gasteiger partial charge in [-0.05, 0) is 38.0 Å². The lowest BCUT2D eigenvalue weighted by Crippen LogP contribution is -2.49. The van der Waals surface area contributed by atoms with Crippen molar-refractivity contribution >= 4 is 17.7 Å². The number of carboxylic acid groups (broad SMARTS) is 1. The van der Waals surface area contributed by atoms with Gasteiger partial charge in [0.15, 0.2) is 0 Å². The molecule has 0 heterocycles. The first-order valence-corrected chi connectivity index (χ1v) is 6.71. The van der Waals surface area contributed by atoms with Crippen LogP contribution in [0.2, 0.25) is 0 Å². The Bertz CT molecular complexity index is 544. The van der Waals surface area contributed by atoms with E-state index in [1.54, 1.807) is 0 Å². The predicted octanol–water partition coefficient (Wildman–Crippen LogP) is 2.21. The van der Waals surface area contributed by atoms with E-state index in [1.165, 1.54) is 12.1 Å². The van der Waals surface area contributed by atoms with E-state index in [1.807, 2.05) is 6.92 Å². The number of hydrogen-bond donors (Lipinski definition) is 3. The molecule has 0 spiro atoms. The molecule has 2 rings (SSSR count). The van der Waals surface area contributed by atoms with Crippen LogP contribution in [0.25, 0.3) is 0 Å². The van der Waals surface area contributed by atoms with Crippen molar-refractivity contribution in [2.45, 2.75) is 31.9 Å². The molecule has 1 aromatic rings. The Labute approximate surface area is 121 Å². The van der Waals surface area contributed by atoms with E-state index in [0.717, 1.165) is 18.9 Å². The highest BCUT2D eigenvalue weighted by Crippen LogP contribution is 2.23. The first-order valence-electron chi connectivity index (χ1n) is 6.71. The minimum Gasteiger partial charge on any atom is -0.478 e. The molecule has 0 unspecified atom stereocenters. The van der Waals surface area contributed by atoms with Crippen molar-refractivity contribution in [2.75, 3.05) is 11.9 Å². The number of benzene rings is 1. The fourth-order valence-corrected chi connectivity index (χ4v) is 2.15. The summed E-state index contributed by atoms with van der Waals surface area (Å²) in [4.78, 5) is 22.4. The fraction of sp³-hybridized carbons (Fsp3) is 0.429. The molecule has 7 heteroatoms. The zero-order chi connectivity index (χ0) is 15.4. The Balaban J connectivity index is 1.85. The second kappa shape index (κ2) is 6.53. The lowest BCUT2D eigenvalue weighted by molar-refractivity contribution is -0.00673. The number of urea groups is 1. The van der Waals surface area contributed by atoms with Crippen molar-refractivity contribution in [2.24, 2.45) is 0 Å². The average Bonchev–Trinajstić information content (AvgIpc) is 2.38. The topological polar surface area (TPSA) is 87.7 Å². The Kier molecular flexibility index (Phi) is 4.74. The number of aromatic carboxylic acids is 1. The van der Waals surface area contributed by atoms with Crippen LogP contribution in [0, 0.1) is 5.82 Å². The van der Waals surface area contributed by atoms with Crippen molar-refractivity contribution < 1.29 is 23.8 Å². The lowest BCUT2D eigenvalue weighted by atomic mass is 9.89. The zero-order valence-corrected chi connectivity index (χ0v) is 11.6. The Morgan fingerprint density at radius 3 is 2.71 bits per heavy atom. The lowest BCUT2D eigenvalue weighted by Gasteiger charge is -2.35. The quantitative estimate of drug-likeness (QED) is 0.777. The molecule has 0 saturated heterocycles. The van der Waals surface area contributed by atoms with Gasteiger partial charge in [-0.15, -0.1) is 0 Å². The van der Waals surface area contributed by atoms with Gasteiger partial charge in [-0.2, -0.15) is 0 Å². The van der Waals surface area contributed by atoms with Gasteiger partial charge in [0, 0.05) is 12.6 Å². The number of carbonyl (C=O) groups excluding carboxylic acids is 1. The van der Waals surface area contributed by atoms with Crippen molar-refractivity contribution in [3.8, 4) is 0 Å². The summed E-state index contributed by atoms with van der Waals surface area (Å²) in [5.74, 6) is -2.01. The number of ether oxygens (including phenoxy) is 1. The highest BCUT2D eigenvalue weighted by molar-refractivity contribution is 5.91. The van der Waals surface area contributed by atoms with Gasteiger partial charge in [0.05, 0.1) is 17.4 Å². The molecule has 1 aromatic carbocycles. The van der Waals surface area contributed by atoms with Gasteiger partial charge >= 0.3 is 12.0 Å². The molecule has 6 nitrogen and oxygen atoms in total. The molecular formula is C14H17FN2O4. The van der Waals surface area contributed by atoms with E-state index >= 15 is 0 Å². The Hall–Kier alpha value is -2.15. The van der Waals surface area contributed by atoms with Crippen LogP contribution in [0.1, 0.15) is 30.1 Å². The first kappa shape index (κ1) is 15.2. The largest absolute Gasteiger partial charge is 0.478 e. The van der Waals surface area contributed by atoms with Crippen LogP contribution in [0.15, 0.2) is 18.2 Å². The van der Waals surface area contributed by atoms with Gasteiger partial charge in [0.1, 0.15) is 5.82 Å². The predicted molar refractivity (Wildman–Crippen MR) is 73.9 cm³/mol. The zero-order valence-electron chi connectivity index (χ0n) is 11.6. The van der Waals surface area contributed by atoms with Crippen molar-refractivity contribution in [3.63, 3.8) is 0 Å². The number of anilines is 1. The van der Waals surface area contributed by atoms with Gasteiger partial charge in [0.2, 0.25) is 0 Å². The van der Waals surface area contributed by atoms with Gasteiger partial charge in [-0.1, -0.05) is 0 Å². The number of rotatable bonds is 5. The molecule has 0 aliphatic heterocycles. The van der Waals surface area contributed by atoms with Gasteiger partial charge < -0.3 is 20.5 Å². The van der Waals surface area contributed by atoms with Crippen LogP contribution in [0.3, 0.4) is 0 Å². The highest BCUT2D eigenvalue weighted by atomic mass is 19.1. The maximum Gasteiger partial charge on any atom is 0.335 e. The first-order chi connectivity index (χ1) is 9.99. The van der Waals surface area contributed by atoms with Crippen molar-refractivity contribution in [3.05, 3.63) is 29.6 Å². The molecule has 3 N–H and O–H groups in total. The number of nitrogens with one attached hydrogen (secondary N) is 2. The summed E-state index contributed by atoms with van der Waals surface area (Å²) in [5.41, 5.74) is -0.227. The van der Waals surface area contributed by atoms with Crippen LogP contribution in [0.4, 0.5) is 14.9 Å². The molecular weight excluding hydrogens is 279 g/mol. The third-order valence-corrected chi connectivity index (χ3v) is 3.30. The smallest absolute Gasteiger partial charge is 0.335 e. The number of carboxylic acids is 1. The third kappa shape index (κ3) is 3.91. The van der Waals surface area contributed by atoms with E-state index in [4.69, 9.17) is 9.84 Å². The second-order valence-electron chi connectivity index (χ2n) is 4.84. The molecule has 2 amide bonds. The minimum absolute atomic E-state index is 0.0166. The number of carbonyl (C=O) groups is 2. The maximum atomic E-state index is 13.6. The normalized spacial score (nSPS) is 20.5. The summed E-state index contributed by atoms with van der Waals surface area (Å²) in [6.45, 7) is 2.56. The van der Waals surface area contributed by atoms with E-state index in [9.17, 15) is 14.0 Å². The SMILES string of the molecule is CCOC1CC(NC(=O)Nc2ccc(C(=O)O)cc2F)C1. The summed E-state index contributed by atoms with van der Waals surface area (Å²) in [6, 6.07) is 2.82. The van der Waals surface area contributed by atoms with Crippen LogP contribution < -0.4 is 10.6 Å². The van der Waals surface area contributed by atoms with Crippen LogP contribution in [-0.4, -0.2) is 35.9 Å². The molecule has 0 bridgehead atoms.